The van der Waals surface area contributed by atoms with Gasteiger partial charge in [-0.3, -0.25) is 0 Å². The van der Waals surface area contributed by atoms with E-state index in [9.17, 15) is 0 Å². The van der Waals surface area contributed by atoms with Crippen molar-refractivity contribution in [2.75, 3.05) is 11.9 Å². The lowest BCUT2D eigenvalue weighted by molar-refractivity contribution is 0.208. The minimum absolute atomic E-state index is 0.398. The summed E-state index contributed by atoms with van der Waals surface area (Å²) in [5, 5.41) is 21.4. The molecule has 0 aliphatic heterocycles. The topological polar surface area (TPSA) is 56.0 Å². The van der Waals surface area contributed by atoms with Crippen molar-refractivity contribution in [2.45, 2.75) is 13.0 Å². The molecule has 1 atom stereocenters. The van der Waals surface area contributed by atoms with E-state index in [0.717, 1.165) is 0 Å². The first-order valence-electron chi connectivity index (χ1n) is 4.25. The Labute approximate surface area is 87.9 Å². The smallest absolute Gasteiger partial charge is 0.101 e. The summed E-state index contributed by atoms with van der Waals surface area (Å²) < 4.78 is 0. The molecular formula is C10H11ClN2O. The number of anilines is 1. The first kappa shape index (κ1) is 10.8. The fourth-order valence-corrected chi connectivity index (χ4v) is 1.19. The third kappa shape index (κ3) is 2.91. The Morgan fingerprint density at radius 2 is 2.36 bits per heavy atom. The molecule has 0 fully saturated rings. The molecule has 0 saturated heterocycles. The summed E-state index contributed by atoms with van der Waals surface area (Å²) in [7, 11) is 0. The van der Waals surface area contributed by atoms with Crippen molar-refractivity contribution in [3.05, 3.63) is 28.8 Å². The van der Waals surface area contributed by atoms with E-state index in [1.807, 2.05) is 6.07 Å². The van der Waals surface area contributed by atoms with Gasteiger partial charge in [0.05, 0.1) is 17.4 Å². The van der Waals surface area contributed by atoms with Gasteiger partial charge in [-0.2, -0.15) is 5.26 Å². The second kappa shape index (κ2) is 4.85. The van der Waals surface area contributed by atoms with Crippen molar-refractivity contribution in [3.8, 4) is 6.07 Å². The number of benzene rings is 1. The Morgan fingerprint density at radius 3 is 2.93 bits per heavy atom. The molecule has 0 saturated carbocycles. The van der Waals surface area contributed by atoms with E-state index in [2.05, 4.69) is 5.32 Å². The van der Waals surface area contributed by atoms with E-state index in [-0.39, 0.29) is 0 Å². The lowest BCUT2D eigenvalue weighted by Crippen LogP contribution is -2.15. The SMILES string of the molecule is C[C@@H](O)CNc1cc(Cl)ccc1C#N. The first-order valence-corrected chi connectivity index (χ1v) is 4.63. The molecule has 2 N–H and O–H groups in total. The van der Waals surface area contributed by atoms with E-state index in [1.54, 1.807) is 25.1 Å². The van der Waals surface area contributed by atoms with Crippen LogP contribution >= 0.6 is 11.6 Å². The van der Waals surface area contributed by atoms with Crippen molar-refractivity contribution in [2.24, 2.45) is 0 Å². The molecule has 1 aromatic rings. The molecule has 0 bridgehead atoms. The Kier molecular flexibility index (Phi) is 3.75. The normalized spacial score (nSPS) is 11.9. The monoisotopic (exact) mass is 210 g/mol. The molecule has 0 aromatic heterocycles. The third-order valence-corrected chi connectivity index (χ3v) is 1.93. The average molecular weight is 211 g/mol. The van der Waals surface area contributed by atoms with Crippen LogP contribution in [-0.2, 0) is 0 Å². The number of halogens is 1. The van der Waals surface area contributed by atoms with Gasteiger partial charge in [-0.15, -0.1) is 0 Å². The molecule has 74 valence electrons. The lowest BCUT2D eigenvalue weighted by Gasteiger charge is -2.09. The van der Waals surface area contributed by atoms with Gasteiger partial charge in [-0.25, -0.2) is 0 Å². The molecule has 4 heteroatoms. The van der Waals surface area contributed by atoms with E-state index < -0.39 is 6.10 Å². The van der Waals surface area contributed by atoms with Crippen LogP contribution in [0.5, 0.6) is 0 Å². The Morgan fingerprint density at radius 1 is 1.64 bits per heavy atom. The molecule has 1 aromatic carbocycles. The van der Waals surface area contributed by atoms with Gasteiger partial charge in [0.15, 0.2) is 0 Å². The van der Waals surface area contributed by atoms with Crippen LogP contribution in [0.3, 0.4) is 0 Å². The summed E-state index contributed by atoms with van der Waals surface area (Å²) in [6.07, 6.45) is -0.458. The highest BCUT2D eigenvalue weighted by molar-refractivity contribution is 6.30. The molecular weight excluding hydrogens is 200 g/mol. The maximum atomic E-state index is 9.07. The molecule has 0 amide bonds. The molecule has 0 heterocycles. The molecule has 0 radical (unpaired) electrons. The first-order chi connectivity index (χ1) is 6.63. The van der Waals surface area contributed by atoms with Crippen LogP contribution in [0, 0.1) is 11.3 Å². The summed E-state index contributed by atoms with van der Waals surface area (Å²) >= 11 is 5.78. The van der Waals surface area contributed by atoms with E-state index in [1.165, 1.54) is 0 Å². The molecule has 0 spiro atoms. The zero-order valence-corrected chi connectivity index (χ0v) is 8.54. The quantitative estimate of drug-likeness (QED) is 0.803. The third-order valence-electron chi connectivity index (χ3n) is 1.69. The minimum atomic E-state index is -0.458. The van der Waals surface area contributed by atoms with Crippen LogP contribution in [0.25, 0.3) is 0 Å². The standard InChI is InChI=1S/C10H11ClN2O/c1-7(14)6-13-10-4-9(11)3-2-8(10)5-12/h2-4,7,13-14H,6H2,1H3/t7-/m1/s1. The van der Waals surface area contributed by atoms with Crippen LogP contribution in [0.1, 0.15) is 12.5 Å². The van der Waals surface area contributed by atoms with Gasteiger partial charge in [0.2, 0.25) is 0 Å². The van der Waals surface area contributed by atoms with Gasteiger partial charge in [-0.05, 0) is 25.1 Å². The van der Waals surface area contributed by atoms with Gasteiger partial charge < -0.3 is 10.4 Å². The van der Waals surface area contributed by atoms with Gasteiger partial charge in [-0.1, -0.05) is 11.6 Å². The van der Waals surface area contributed by atoms with Gasteiger partial charge >= 0.3 is 0 Å². The second-order valence-corrected chi connectivity index (χ2v) is 3.47. The van der Waals surface area contributed by atoms with Crippen LogP contribution in [-0.4, -0.2) is 17.8 Å². The number of nitrogens with one attached hydrogen (secondary N) is 1. The van der Waals surface area contributed by atoms with Crippen molar-refractivity contribution < 1.29 is 5.11 Å². The van der Waals surface area contributed by atoms with E-state index >= 15 is 0 Å². The molecule has 1 rings (SSSR count). The summed E-state index contributed by atoms with van der Waals surface area (Å²) in [5.41, 5.74) is 1.18. The highest BCUT2D eigenvalue weighted by Gasteiger charge is 2.03. The maximum absolute atomic E-state index is 9.07. The highest BCUT2D eigenvalue weighted by atomic mass is 35.5. The van der Waals surface area contributed by atoms with E-state index in [4.69, 9.17) is 22.0 Å². The number of nitriles is 1. The fourth-order valence-electron chi connectivity index (χ4n) is 1.02. The summed E-state index contributed by atoms with van der Waals surface area (Å²) in [6, 6.07) is 7.02. The largest absolute Gasteiger partial charge is 0.392 e. The van der Waals surface area contributed by atoms with Crippen molar-refractivity contribution in [1.29, 1.82) is 5.26 Å². The minimum Gasteiger partial charge on any atom is -0.392 e. The Balaban J connectivity index is 2.84. The fraction of sp³-hybridized carbons (Fsp3) is 0.300. The summed E-state index contributed by atoms with van der Waals surface area (Å²) in [5.74, 6) is 0. The van der Waals surface area contributed by atoms with Crippen molar-refractivity contribution in [1.82, 2.24) is 0 Å². The van der Waals surface area contributed by atoms with Crippen LogP contribution in [0.15, 0.2) is 18.2 Å². The van der Waals surface area contributed by atoms with Gasteiger partial charge in [0.25, 0.3) is 0 Å². The van der Waals surface area contributed by atoms with Crippen LogP contribution in [0.4, 0.5) is 5.69 Å². The summed E-state index contributed by atoms with van der Waals surface area (Å²) in [6.45, 7) is 2.07. The predicted molar refractivity (Wildman–Crippen MR) is 56.3 cm³/mol. The Hall–Kier alpha value is -1.24. The molecule has 0 aliphatic rings. The number of aliphatic hydroxyl groups is 1. The number of aliphatic hydroxyl groups excluding tert-OH is 1. The average Bonchev–Trinajstić information content (AvgIpc) is 2.15. The van der Waals surface area contributed by atoms with E-state index in [0.29, 0.717) is 22.8 Å². The number of hydrogen-bond donors (Lipinski definition) is 2. The number of rotatable bonds is 3. The predicted octanol–water partition coefficient (Wildman–Crippen LogP) is 2.00. The van der Waals surface area contributed by atoms with Crippen molar-refractivity contribution >= 4 is 17.3 Å². The highest BCUT2D eigenvalue weighted by Crippen LogP contribution is 2.20. The zero-order chi connectivity index (χ0) is 10.6. The van der Waals surface area contributed by atoms with Crippen LogP contribution in [0.2, 0.25) is 5.02 Å². The Bertz CT molecular complexity index is 358. The molecule has 0 unspecified atom stereocenters. The molecule has 0 aliphatic carbocycles. The molecule has 14 heavy (non-hydrogen) atoms. The number of hydrogen-bond acceptors (Lipinski definition) is 3. The van der Waals surface area contributed by atoms with Gasteiger partial charge in [0, 0.05) is 11.6 Å². The maximum Gasteiger partial charge on any atom is 0.101 e. The summed E-state index contributed by atoms with van der Waals surface area (Å²) in [4.78, 5) is 0. The zero-order valence-electron chi connectivity index (χ0n) is 7.79. The molecule has 3 nitrogen and oxygen atoms in total. The van der Waals surface area contributed by atoms with Gasteiger partial charge in [0.1, 0.15) is 6.07 Å². The number of nitrogens with zero attached hydrogens (tertiary/aromatic N) is 1. The second-order valence-electron chi connectivity index (χ2n) is 3.03. The van der Waals surface area contributed by atoms with Crippen molar-refractivity contribution in [3.63, 3.8) is 0 Å². The van der Waals surface area contributed by atoms with Crippen LogP contribution < -0.4 is 5.32 Å². The lowest BCUT2D eigenvalue weighted by atomic mass is 10.2.